The van der Waals surface area contributed by atoms with Crippen LogP contribution in [0.5, 0.6) is 5.75 Å². The maximum atomic E-state index is 11.5. The normalized spacial score (nSPS) is 18.5. The Bertz CT molecular complexity index is 590. The molecule has 0 saturated carbocycles. The van der Waals surface area contributed by atoms with Crippen LogP contribution in [0.2, 0.25) is 0 Å². The fraction of sp³-hybridized carbons (Fsp3) is 0.278. The largest absolute Gasteiger partial charge is 0.489 e. The molecule has 3 heteroatoms. The van der Waals surface area contributed by atoms with Crippen LogP contribution >= 0.6 is 0 Å². The van der Waals surface area contributed by atoms with Gasteiger partial charge in [-0.05, 0) is 23.3 Å². The highest BCUT2D eigenvalue weighted by Crippen LogP contribution is 2.27. The number of carbonyl (C=O) groups excluding carboxylic acids is 1. The standard InChI is InChI=1S/C18H18O3/c19-16-10-11-20-18(12-16)15-6-8-17(9-7-15)21-13-14-4-2-1-3-5-14/h1-9,18H,10-13H2. The van der Waals surface area contributed by atoms with Gasteiger partial charge in [0, 0.05) is 12.8 Å². The Morgan fingerprint density at radius 3 is 2.52 bits per heavy atom. The molecular weight excluding hydrogens is 264 g/mol. The quantitative estimate of drug-likeness (QED) is 0.858. The molecule has 21 heavy (non-hydrogen) atoms. The third-order valence-corrected chi connectivity index (χ3v) is 3.61. The van der Waals surface area contributed by atoms with Crippen LogP contribution in [-0.4, -0.2) is 12.4 Å². The lowest BCUT2D eigenvalue weighted by atomic mass is 10.0. The van der Waals surface area contributed by atoms with Gasteiger partial charge in [0.05, 0.1) is 12.7 Å². The number of carbonyl (C=O) groups is 1. The van der Waals surface area contributed by atoms with Gasteiger partial charge in [0.15, 0.2) is 0 Å². The van der Waals surface area contributed by atoms with Crippen LogP contribution in [0.25, 0.3) is 0 Å². The van der Waals surface area contributed by atoms with Crippen molar-refractivity contribution in [3.8, 4) is 5.75 Å². The summed E-state index contributed by atoms with van der Waals surface area (Å²) in [5.74, 6) is 1.10. The van der Waals surface area contributed by atoms with Gasteiger partial charge in [-0.3, -0.25) is 4.79 Å². The van der Waals surface area contributed by atoms with Crippen LogP contribution in [0.3, 0.4) is 0 Å². The minimum Gasteiger partial charge on any atom is -0.489 e. The molecule has 1 fully saturated rings. The van der Waals surface area contributed by atoms with E-state index in [1.807, 2.05) is 54.6 Å². The van der Waals surface area contributed by atoms with Gasteiger partial charge >= 0.3 is 0 Å². The Kier molecular flexibility index (Phi) is 4.31. The lowest BCUT2D eigenvalue weighted by Gasteiger charge is -2.22. The van der Waals surface area contributed by atoms with Crippen molar-refractivity contribution in [1.82, 2.24) is 0 Å². The van der Waals surface area contributed by atoms with Crippen molar-refractivity contribution in [1.29, 1.82) is 0 Å². The molecule has 0 N–H and O–H groups in total. The number of ketones is 1. The van der Waals surface area contributed by atoms with Crippen molar-refractivity contribution < 1.29 is 14.3 Å². The third kappa shape index (κ3) is 3.70. The van der Waals surface area contributed by atoms with E-state index in [0.717, 1.165) is 16.9 Å². The number of benzene rings is 2. The van der Waals surface area contributed by atoms with Crippen LogP contribution in [0.4, 0.5) is 0 Å². The molecule has 0 bridgehead atoms. The number of hydrogen-bond acceptors (Lipinski definition) is 3. The molecule has 108 valence electrons. The van der Waals surface area contributed by atoms with E-state index >= 15 is 0 Å². The van der Waals surface area contributed by atoms with E-state index in [4.69, 9.17) is 9.47 Å². The summed E-state index contributed by atoms with van der Waals surface area (Å²) in [6.45, 7) is 1.08. The second kappa shape index (κ2) is 6.55. The molecule has 1 unspecified atom stereocenters. The second-order valence-electron chi connectivity index (χ2n) is 5.20. The number of rotatable bonds is 4. The molecule has 0 aromatic heterocycles. The predicted octanol–water partition coefficient (Wildman–Crippen LogP) is 3.69. The maximum absolute atomic E-state index is 11.5. The van der Waals surface area contributed by atoms with Crippen molar-refractivity contribution in [2.75, 3.05) is 6.61 Å². The van der Waals surface area contributed by atoms with Gasteiger partial charge < -0.3 is 9.47 Å². The average molecular weight is 282 g/mol. The fourth-order valence-corrected chi connectivity index (χ4v) is 2.42. The van der Waals surface area contributed by atoms with Crippen molar-refractivity contribution >= 4 is 5.78 Å². The third-order valence-electron chi connectivity index (χ3n) is 3.61. The zero-order chi connectivity index (χ0) is 14.5. The molecule has 1 aliphatic heterocycles. The summed E-state index contributed by atoms with van der Waals surface area (Å²) in [5, 5.41) is 0. The van der Waals surface area contributed by atoms with E-state index in [9.17, 15) is 4.79 Å². The summed E-state index contributed by atoms with van der Waals surface area (Å²) < 4.78 is 11.4. The molecule has 0 radical (unpaired) electrons. The monoisotopic (exact) mass is 282 g/mol. The van der Waals surface area contributed by atoms with E-state index in [2.05, 4.69) is 0 Å². The number of hydrogen-bond donors (Lipinski definition) is 0. The lowest BCUT2D eigenvalue weighted by Crippen LogP contribution is -2.19. The van der Waals surface area contributed by atoms with Gasteiger partial charge in [-0.1, -0.05) is 42.5 Å². The van der Waals surface area contributed by atoms with Crippen molar-refractivity contribution in [2.24, 2.45) is 0 Å². The minimum absolute atomic E-state index is 0.102. The van der Waals surface area contributed by atoms with Gasteiger partial charge in [0.1, 0.15) is 18.1 Å². The van der Waals surface area contributed by atoms with E-state index in [-0.39, 0.29) is 11.9 Å². The van der Waals surface area contributed by atoms with Crippen LogP contribution < -0.4 is 4.74 Å². The molecule has 2 aromatic carbocycles. The van der Waals surface area contributed by atoms with Gasteiger partial charge in [-0.15, -0.1) is 0 Å². The average Bonchev–Trinajstić information content (AvgIpc) is 2.54. The summed E-state index contributed by atoms with van der Waals surface area (Å²) in [6, 6.07) is 17.9. The SMILES string of the molecule is O=C1CCOC(c2ccc(OCc3ccccc3)cc2)C1. The van der Waals surface area contributed by atoms with Crippen molar-refractivity contribution in [3.05, 3.63) is 65.7 Å². The zero-order valence-electron chi connectivity index (χ0n) is 11.8. The topological polar surface area (TPSA) is 35.5 Å². The molecule has 2 aromatic rings. The molecule has 1 saturated heterocycles. The molecule has 0 amide bonds. The lowest BCUT2D eigenvalue weighted by molar-refractivity contribution is -0.128. The first-order valence-electron chi connectivity index (χ1n) is 7.21. The van der Waals surface area contributed by atoms with E-state index in [0.29, 0.717) is 26.1 Å². The molecule has 0 spiro atoms. The van der Waals surface area contributed by atoms with Crippen LogP contribution in [0, 0.1) is 0 Å². The summed E-state index contributed by atoms with van der Waals surface area (Å²) in [5.41, 5.74) is 2.18. The van der Waals surface area contributed by atoms with E-state index in [1.54, 1.807) is 0 Å². The van der Waals surface area contributed by atoms with Crippen molar-refractivity contribution in [3.63, 3.8) is 0 Å². The van der Waals surface area contributed by atoms with Crippen LogP contribution in [0.15, 0.2) is 54.6 Å². The zero-order valence-corrected chi connectivity index (χ0v) is 11.8. The minimum atomic E-state index is -0.102. The fourth-order valence-electron chi connectivity index (χ4n) is 2.42. The Morgan fingerprint density at radius 1 is 1.05 bits per heavy atom. The number of ether oxygens (including phenoxy) is 2. The highest BCUT2D eigenvalue weighted by molar-refractivity contribution is 5.79. The molecule has 1 heterocycles. The van der Waals surface area contributed by atoms with Gasteiger partial charge in [0.25, 0.3) is 0 Å². The Hall–Kier alpha value is -2.13. The van der Waals surface area contributed by atoms with Gasteiger partial charge in [-0.25, -0.2) is 0 Å². The first kappa shape index (κ1) is 13.8. The summed E-state index contributed by atoms with van der Waals surface area (Å²) in [6.07, 6.45) is 0.911. The molecule has 0 aliphatic carbocycles. The smallest absolute Gasteiger partial charge is 0.138 e. The Labute approximate surface area is 124 Å². The second-order valence-corrected chi connectivity index (χ2v) is 5.20. The summed E-state index contributed by atoms with van der Waals surface area (Å²) in [7, 11) is 0. The first-order chi connectivity index (χ1) is 10.3. The van der Waals surface area contributed by atoms with Crippen LogP contribution in [-0.2, 0) is 16.1 Å². The Morgan fingerprint density at radius 2 is 1.81 bits per heavy atom. The molecular formula is C18H18O3. The molecule has 1 aliphatic rings. The molecule has 3 nitrogen and oxygen atoms in total. The summed E-state index contributed by atoms with van der Waals surface area (Å²) >= 11 is 0. The van der Waals surface area contributed by atoms with Crippen molar-refractivity contribution in [2.45, 2.75) is 25.6 Å². The Balaban J connectivity index is 1.60. The maximum Gasteiger partial charge on any atom is 0.138 e. The summed E-state index contributed by atoms with van der Waals surface area (Å²) in [4.78, 5) is 11.5. The highest BCUT2D eigenvalue weighted by Gasteiger charge is 2.21. The number of Topliss-reactive ketones (excluding diaryl/α,β-unsaturated/α-hetero) is 1. The van der Waals surface area contributed by atoms with Gasteiger partial charge in [-0.2, -0.15) is 0 Å². The highest BCUT2D eigenvalue weighted by atomic mass is 16.5. The van der Waals surface area contributed by atoms with Crippen LogP contribution in [0.1, 0.15) is 30.1 Å². The van der Waals surface area contributed by atoms with Gasteiger partial charge in [0.2, 0.25) is 0 Å². The predicted molar refractivity (Wildman–Crippen MR) is 80.2 cm³/mol. The first-order valence-corrected chi connectivity index (χ1v) is 7.21. The van der Waals surface area contributed by atoms with E-state index < -0.39 is 0 Å². The molecule has 1 atom stereocenters. The van der Waals surface area contributed by atoms with E-state index in [1.165, 1.54) is 0 Å². The molecule has 3 rings (SSSR count).